The topological polar surface area (TPSA) is 113 Å². The van der Waals surface area contributed by atoms with Crippen LogP contribution in [0.3, 0.4) is 0 Å². The normalized spacial score (nSPS) is 12.1. The zero-order valence-corrected chi connectivity index (χ0v) is 18.4. The summed E-state index contributed by atoms with van der Waals surface area (Å²) in [4.78, 5) is 24.7. The minimum Gasteiger partial charge on any atom is -0.349 e. The molecule has 0 unspecified atom stereocenters. The number of aryl methyl sites for hydroxylation is 2. The first-order valence-electron chi connectivity index (χ1n) is 9.84. The first kappa shape index (κ1) is 21.0. The Hall–Kier alpha value is -3.24. The molecule has 0 aliphatic heterocycles. The summed E-state index contributed by atoms with van der Waals surface area (Å²) < 4.78 is 27.8. The number of carbonyl (C=O) groups excluding carboxylic acids is 1. The van der Waals surface area contributed by atoms with E-state index >= 15 is 0 Å². The second kappa shape index (κ2) is 8.12. The van der Waals surface area contributed by atoms with Gasteiger partial charge < -0.3 is 14.9 Å². The zero-order chi connectivity index (χ0) is 22.2. The van der Waals surface area contributed by atoms with Crippen molar-refractivity contribution >= 4 is 38.0 Å². The third-order valence-corrected chi connectivity index (χ3v) is 7.00. The molecule has 0 bridgehead atoms. The number of carbonyl (C=O) groups is 1. The van der Waals surface area contributed by atoms with E-state index in [1.54, 1.807) is 18.2 Å². The minimum atomic E-state index is -3.53. The molecule has 31 heavy (non-hydrogen) atoms. The Balaban J connectivity index is 1.42. The Kier molecular flexibility index (Phi) is 5.50. The van der Waals surface area contributed by atoms with E-state index in [2.05, 4.69) is 20.3 Å². The number of imidazole rings is 2. The second-order valence-electron chi connectivity index (χ2n) is 7.50. The molecule has 2 aromatic carbocycles. The number of rotatable bonds is 7. The number of benzene rings is 2. The number of nitrogens with one attached hydrogen (secondary N) is 2. The maximum absolute atomic E-state index is 12.4. The van der Waals surface area contributed by atoms with Crippen LogP contribution in [-0.4, -0.2) is 52.2 Å². The number of amides is 1. The standard InChI is InChI=1S/C21H24N6O3S/c1-26(2)31(29,30)14-8-9-18-17(12-14)25-20(27(18)3)10-11-21(28)22-13-19-23-15-6-4-5-7-16(15)24-19/h4-9,12H,10-11,13H2,1-3H3,(H,22,28)(H,23,24). The van der Waals surface area contributed by atoms with Crippen LogP contribution in [0.4, 0.5) is 0 Å². The first-order valence-corrected chi connectivity index (χ1v) is 11.3. The molecular weight excluding hydrogens is 416 g/mol. The lowest BCUT2D eigenvalue weighted by Crippen LogP contribution is -2.24. The smallest absolute Gasteiger partial charge is 0.242 e. The number of H-pyrrole nitrogens is 1. The maximum atomic E-state index is 12.4. The van der Waals surface area contributed by atoms with Crippen molar-refractivity contribution in [3.05, 3.63) is 54.1 Å². The van der Waals surface area contributed by atoms with Crippen LogP contribution < -0.4 is 5.32 Å². The lowest BCUT2D eigenvalue weighted by atomic mass is 10.3. The quantitative estimate of drug-likeness (QED) is 0.456. The summed E-state index contributed by atoms with van der Waals surface area (Å²) >= 11 is 0. The van der Waals surface area contributed by atoms with E-state index in [0.717, 1.165) is 16.6 Å². The SMILES string of the molecule is CN(C)S(=O)(=O)c1ccc2c(c1)nc(CCC(=O)NCc1nc3ccccc3[nH]1)n2C. The van der Waals surface area contributed by atoms with Gasteiger partial charge in [0.1, 0.15) is 11.6 Å². The van der Waals surface area contributed by atoms with Crippen molar-refractivity contribution < 1.29 is 13.2 Å². The molecule has 1 amide bonds. The molecule has 10 heteroatoms. The van der Waals surface area contributed by atoms with E-state index in [1.807, 2.05) is 35.9 Å². The van der Waals surface area contributed by atoms with Crippen LogP contribution in [0, 0.1) is 0 Å². The van der Waals surface area contributed by atoms with Gasteiger partial charge in [0.15, 0.2) is 0 Å². The van der Waals surface area contributed by atoms with Crippen LogP contribution in [0.2, 0.25) is 0 Å². The number of sulfonamides is 1. The zero-order valence-electron chi connectivity index (χ0n) is 17.6. The van der Waals surface area contributed by atoms with Gasteiger partial charge in [-0.05, 0) is 30.3 Å². The van der Waals surface area contributed by atoms with Gasteiger partial charge in [-0.3, -0.25) is 4.79 Å². The number of nitrogens with zero attached hydrogens (tertiary/aromatic N) is 4. The average molecular weight is 441 g/mol. The maximum Gasteiger partial charge on any atom is 0.242 e. The summed E-state index contributed by atoms with van der Waals surface area (Å²) in [6.45, 7) is 0.321. The summed E-state index contributed by atoms with van der Waals surface area (Å²) in [7, 11) is 1.31. The fraction of sp³-hybridized carbons (Fsp3) is 0.286. The molecule has 0 radical (unpaired) electrons. The van der Waals surface area contributed by atoms with E-state index in [4.69, 9.17) is 0 Å². The van der Waals surface area contributed by atoms with Crippen LogP contribution in [0.5, 0.6) is 0 Å². The highest BCUT2D eigenvalue weighted by Crippen LogP contribution is 2.22. The van der Waals surface area contributed by atoms with E-state index < -0.39 is 10.0 Å². The van der Waals surface area contributed by atoms with Gasteiger partial charge in [0.2, 0.25) is 15.9 Å². The first-order chi connectivity index (χ1) is 14.8. The number of aromatic amines is 1. The molecule has 9 nitrogen and oxygen atoms in total. The second-order valence-corrected chi connectivity index (χ2v) is 9.65. The Morgan fingerprint density at radius 3 is 2.65 bits per heavy atom. The molecule has 0 fully saturated rings. The van der Waals surface area contributed by atoms with Crippen LogP contribution in [0.1, 0.15) is 18.1 Å². The minimum absolute atomic E-state index is 0.108. The van der Waals surface area contributed by atoms with Crippen molar-refractivity contribution in [1.82, 2.24) is 29.1 Å². The van der Waals surface area contributed by atoms with E-state index in [1.165, 1.54) is 18.4 Å². The predicted molar refractivity (Wildman–Crippen MR) is 118 cm³/mol. The fourth-order valence-electron chi connectivity index (χ4n) is 3.41. The van der Waals surface area contributed by atoms with Gasteiger partial charge in [-0.15, -0.1) is 0 Å². The Morgan fingerprint density at radius 1 is 1.13 bits per heavy atom. The average Bonchev–Trinajstić information content (AvgIpc) is 3.30. The Morgan fingerprint density at radius 2 is 1.90 bits per heavy atom. The van der Waals surface area contributed by atoms with Gasteiger partial charge in [-0.2, -0.15) is 0 Å². The van der Waals surface area contributed by atoms with Crippen molar-refractivity contribution in [2.75, 3.05) is 14.1 Å². The lowest BCUT2D eigenvalue weighted by molar-refractivity contribution is -0.121. The Bertz CT molecular complexity index is 1340. The molecule has 0 atom stereocenters. The van der Waals surface area contributed by atoms with Crippen molar-refractivity contribution in [2.45, 2.75) is 24.3 Å². The number of hydrogen-bond acceptors (Lipinski definition) is 5. The largest absolute Gasteiger partial charge is 0.349 e. The van der Waals surface area contributed by atoms with Gasteiger partial charge in [0.25, 0.3) is 0 Å². The molecule has 0 saturated heterocycles. The summed E-state index contributed by atoms with van der Waals surface area (Å²) in [6, 6.07) is 12.6. The van der Waals surface area contributed by atoms with Crippen molar-refractivity contribution in [2.24, 2.45) is 7.05 Å². The summed E-state index contributed by atoms with van der Waals surface area (Å²) in [6.07, 6.45) is 0.702. The summed E-state index contributed by atoms with van der Waals surface area (Å²) in [5.74, 6) is 1.31. The molecule has 2 aromatic heterocycles. The molecule has 2 heterocycles. The van der Waals surface area contributed by atoms with Gasteiger partial charge in [-0.1, -0.05) is 12.1 Å². The van der Waals surface area contributed by atoms with Crippen molar-refractivity contribution in [3.8, 4) is 0 Å². The van der Waals surface area contributed by atoms with Gasteiger partial charge in [-0.25, -0.2) is 22.7 Å². The third kappa shape index (κ3) is 4.17. The van der Waals surface area contributed by atoms with Crippen LogP contribution >= 0.6 is 0 Å². The molecule has 162 valence electrons. The Labute approximate surface area is 180 Å². The van der Waals surface area contributed by atoms with Crippen molar-refractivity contribution in [3.63, 3.8) is 0 Å². The molecule has 4 aromatic rings. The third-order valence-electron chi connectivity index (χ3n) is 5.19. The molecule has 0 aliphatic carbocycles. The molecule has 0 aliphatic rings. The highest BCUT2D eigenvalue weighted by Gasteiger charge is 2.19. The number of aromatic nitrogens is 4. The van der Waals surface area contributed by atoms with Crippen LogP contribution in [-0.2, 0) is 34.8 Å². The van der Waals surface area contributed by atoms with Gasteiger partial charge >= 0.3 is 0 Å². The van der Waals surface area contributed by atoms with Gasteiger partial charge in [0.05, 0.1) is 33.5 Å². The highest BCUT2D eigenvalue weighted by molar-refractivity contribution is 7.89. The van der Waals surface area contributed by atoms with Crippen molar-refractivity contribution in [1.29, 1.82) is 0 Å². The molecule has 0 saturated carbocycles. The fourth-order valence-corrected chi connectivity index (χ4v) is 4.33. The highest BCUT2D eigenvalue weighted by atomic mass is 32.2. The molecular formula is C21H24N6O3S. The van der Waals surface area contributed by atoms with E-state index in [0.29, 0.717) is 30.1 Å². The lowest BCUT2D eigenvalue weighted by Gasteiger charge is -2.10. The van der Waals surface area contributed by atoms with Crippen LogP contribution in [0.15, 0.2) is 47.4 Å². The number of hydrogen-bond donors (Lipinski definition) is 2. The van der Waals surface area contributed by atoms with Crippen LogP contribution in [0.25, 0.3) is 22.1 Å². The van der Waals surface area contributed by atoms with Gasteiger partial charge in [0, 0.05) is 34.0 Å². The summed E-state index contributed by atoms with van der Waals surface area (Å²) in [5, 5.41) is 2.87. The molecule has 0 spiro atoms. The number of para-hydroxylation sites is 2. The predicted octanol–water partition coefficient (Wildman–Crippen LogP) is 1.95. The summed E-state index contributed by atoms with van der Waals surface area (Å²) in [5.41, 5.74) is 3.20. The molecule has 2 N–H and O–H groups in total. The van der Waals surface area contributed by atoms with E-state index in [-0.39, 0.29) is 17.2 Å². The monoisotopic (exact) mass is 440 g/mol. The van der Waals surface area contributed by atoms with E-state index in [9.17, 15) is 13.2 Å². The number of fused-ring (bicyclic) bond motifs is 2. The molecule has 4 rings (SSSR count).